The first kappa shape index (κ1) is 15.6. The van der Waals surface area contributed by atoms with E-state index in [1.807, 2.05) is 6.07 Å². The van der Waals surface area contributed by atoms with E-state index in [0.717, 1.165) is 37.5 Å². The molecule has 1 saturated heterocycles. The molecule has 118 valence electrons. The van der Waals surface area contributed by atoms with E-state index in [4.69, 9.17) is 16.3 Å². The zero-order valence-corrected chi connectivity index (χ0v) is 13.7. The van der Waals surface area contributed by atoms with Crippen LogP contribution in [0.25, 0.3) is 6.08 Å². The molecule has 0 unspecified atom stereocenters. The van der Waals surface area contributed by atoms with E-state index in [1.165, 1.54) is 31.9 Å². The van der Waals surface area contributed by atoms with Gasteiger partial charge in [0.1, 0.15) is 0 Å². The van der Waals surface area contributed by atoms with Crippen molar-refractivity contribution in [3.05, 3.63) is 39.9 Å². The number of esters is 1. The number of carbonyl (C=O) groups excluding carboxylic acids is 1. The SMILES string of the molecule is COC(=O)c1ccc(C=C2CCN(C3CCC3)CC2)c(Cl)c1. The van der Waals surface area contributed by atoms with Crippen molar-refractivity contribution in [2.24, 2.45) is 0 Å². The van der Waals surface area contributed by atoms with Gasteiger partial charge in [-0.05, 0) is 43.4 Å². The molecule has 1 aromatic rings. The van der Waals surface area contributed by atoms with E-state index >= 15 is 0 Å². The number of piperidine rings is 1. The van der Waals surface area contributed by atoms with Crippen molar-refractivity contribution in [1.29, 1.82) is 0 Å². The first-order valence-corrected chi connectivity index (χ1v) is 8.36. The van der Waals surface area contributed by atoms with Crippen LogP contribution < -0.4 is 0 Å². The molecule has 0 N–H and O–H groups in total. The molecule has 1 aromatic carbocycles. The van der Waals surface area contributed by atoms with E-state index in [-0.39, 0.29) is 5.97 Å². The third kappa shape index (κ3) is 3.36. The van der Waals surface area contributed by atoms with Gasteiger partial charge in [0.15, 0.2) is 0 Å². The van der Waals surface area contributed by atoms with Gasteiger partial charge >= 0.3 is 5.97 Å². The standard InChI is InChI=1S/C18H22ClNO2/c1-22-18(21)15-6-5-14(17(19)12-15)11-13-7-9-20(10-8-13)16-3-2-4-16/h5-6,11-12,16H,2-4,7-10H2,1H3. The van der Waals surface area contributed by atoms with Gasteiger partial charge in [-0.25, -0.2) is 4.79 Å². The van der Waals surface area contributed by atoms with Crippen LogP contribution in [0.2, 0.25) is 5.02 Å². The highest BCUT2D eigenvalue weighted by molar-refractivity contribution is 6.32. The van der Waals surface area contributed by atoms with Gasteiger partial charge in [0.25, 0.3) is 0 Å². The molecule has 1 heterocycles. The summed E-state index contributed by atoms with van der Waals surface area (Å²) in [6, 6.07) is 6.20. The number of likely N-dealkylation sites (tertiary alicyclic amines) is 1. The van der Waals surface area contributed by atoms with Crippen LogP contribution in [-0.2, 0) is 4.74 Å². The molecule has 1 aliphatic carbocycles. The number of nitrogens with zero attached hydrogens (tertiary/aromatic N) is 1. The van der Waals surface area contributed by atoms with Crippen LogP contribution in [-0.4, -0.2) is 37.1 Å². The topological polar surface area (TPSA) is 29.5 Å². The Balaban J connectivity index is 1.66. The Morgan fingerprint density at radius 3 is 2.59 bits per heavy atom. The highest BCUT2D eigenvalue weighted by Crippen LogP contribution is 2.30. The van der Waals surface area contributed by atoms with E-state index in [2.05, 4.69) is 11.0 Å². The van der Waals surface area contributed by atoms with Gasteiger partial charge in [-0.2, -0.15) is 0 Å². The Morgan fingerprint density at radius 1 is 1.32 bits per heavy atom. The summed E-state index contributed by atoms with van der Waals surface area (Å²) in [5, 5.41) is 0.608. The third-order valence-corrected chi connectivity index (χ3v) is 5.14. The van der Waals surface area contributed by atoms with Crippen LogP contribution in [0.4, 0.5) is 0 Å². The number of ether oxygens (including phenoxy) is 1. The number of hydrogen-bond acceptors (Lipinski definition) is 3. The molecule has 2 fully saturated rings. The van der Waals surface area contributed by atoms with Crippen molar-refractivity contribution < 1.29 is 9.53 Å². The lowest BCUT2D eigenvalue weighted by Crippen LogP contribution is -2.43. The molecule has 3 nitrogen and oxygen atoms in total. The summed E-state index contributed by atoms with van der Waals surface area (Å²) in [5.74, 6) is -0.352. The second kappa shape index (κ2) is 6.84. The Labute approximate surface area is 136 Å². The fraction of sp³-hybridized carbons (Fsp3) is 0.500. The van der Waals surface area contributed by atoms with Crippen molar-refractivity contribution in [2.45, 2.75) is 38.1 Å². The predicted octanol–water partition coefficient (Wildman–Crippen LogP) is 4.16. The number of methoxy groups -OCH3 is 1. The molecule has 4 heteroatoms. The lowest BCUT2D eigenvalue weighted by atomic mass is 9.89. The Bertz CT molecular complexity index is 583. The van der Waals surface area contributed by atoms with Crippen LogP contribution in [0.1, 0.15) is 48.0 Å². The Hall–Kier alpha value is -1.32. The van der Waals surface area contributed by atoms with Crippen LogP contribution in [0.5, 0.6) is 0 Å². The maximum atomic E-state index is 11.5. The second-order valence-electron chi connectivity index (χ2n) is 6.15. The van der Waals surface area contributed by atoms with Gasteiger partial charge in [-0.1, -0.05) is 35.7 Å². The summed E-state index contributed by atoms with van der Waals surface area (Å²) in [6.07, 6.45) is 8.56. The van der Waals surface area contributed by atoms with Gasteiger partial charge in [0.2, 0.25) is 0 Å². The summed E-state index contributed by atoms with van der Waals surface area (Å²) in [5.41, 5.74) is 2.93. The van der Waals surface area contributed by atoms with Crippen molar-refractivity contribution in [2.75, 3.05) is 20.2 Å². The molecule has 3 rings (SSSR count). The molecule has 0 bridgehead atoms. The first-order chi connectivity index (χ1) is 10.7. The molecule has 0 radical (unpaired) electrons. The van der Waals surface area contributed by atoms with E-state index in [0.29, 0.717) is 10.6 Å². The fourth-order valence-corrected chi connectivity index (χ4v) is 3.42. The molecule has 1 saturated carbocycles. The zero-order chi connectivity index (χ0) is 15.5. The molecule has 0 amide bonds. The minimum absolute atomic E-state index is 0.352. The van der Waals surface area contributed by atoms with Gasteiger partial charge < -0.3 is 4.74 Å². The number of rotatable bonds is 3. The average molecular weight is 320 g/mol. The normalized spacial score (nSPS) is 19.6. The molecule has 0 spiro atoms. The van der Waals surface area contributed by atoms with Gasteiger partial charge in [-0.15, -0.1) is 0 Å². The largest absolute Gasteiger partial charge is 0.465 e. The molecular formula is C18H22ClNO2. The first-order valence-electron chi connectivity index (χ1n) is 7.99. The smallest absolute Gasteiger partial charge is 0.337 e. The number of benzene rings is 1. The number of halogens is 1. The third-order valence-electron chi connectivity index (χ3n) is 4.81. The van der Waals surface area contributed by atoms with Gasteiger partial charge in [0.05, 0.1) is 12.7 Å². The van der Waals surface area contributed by atoms with Crippen LogP contribution >= 0.6 is 11.6 Å². The molecule has 1 aliphatic heterocycles. The summed E-state index contributed by atoms with van der Waals surface area (Å²) in [4.78, 5) is 14.1. The summed E-state index contributed by atoms with van der Waals surface area (Å²) >= 11 is 6.30. The van der Waals surface area contributed by atoms with E-state index in [9.17, 15) is 4.79 Å². The average Bonchev–Trinajstić information content (AvgIpc) is 2.48. The maximum absolute atomic E-state index is 11.5. The zero-order valence-electron chi connectivity index (χ0n) is 13.0. The molecule has 22 heavy (non-hydrogen) atoms. The van der Waals surface area contributed by atoms with Crippen molar-refractivity contribution >= 4 is 23.6 Å². The highest BCUT2D eigenvalue weighted by Gasteiger charge is 2.26. The Kier molecular flexibility index (Phi) is 4.84. The summed E-state index contributed by atoms with van der Waals surface area (Å²) in [7, 11) is 1.38. The second-order valence-corrected chi connectivity index (χ2v) is 6.56. The summed E-state index contributed by atoms with van der Waals surface area (Å²) in [6.45, 7) is 2.32. The molecular weight excluding hydrogens is 298 g/mol. The number of hydrogen-bond donors (Lipinski definition) is 0. The monoisotopic (exact) mass is 319 g/mol. The van der Waals surface area contributed by atoms with E-state index in [1.54, 1.807) is 12.1 Å². The van der Waals surface area contributed by atoms with Gasteiger partial charge in [0, 0.05) is 24.2 Å². The molecule has 2 aliphatic rings. The van der Waals surface area contributed by atoms with Gasteiger partial charge in [-0.3, -0.25) is 4.90 Å². The molecule has 0 atom stereocenters. The van der Waals surface area contributed by atoms with Crippen molar-refractivity contribution in [1.82, 2.24) is 4.90 Å². The van der Waals surface area contributed by atoms with Crippen LogP contribution in [0.15, 0.2) is 23.8 Å². The fourth-order valence-electron chi connectivity index (χ4n) is 3.18. The quantitative estimate of drug-likeness (QED) is 0.784. The lowest BCUT2D eigenvalue weighted by Gasteiger charge is -2.40. The van der Waals surface area contributed by atoms with E-state index < -0.39 is 0 Å². The maximum Gasteiger partial charge on any atom is 0.337 e. The molecule has 0 aromatic heterocycles. The lowest BCUT2D eigenvalue weighted by molar-refractivity contribution is 0.0600. The number of carbonyl (C=O) groups is 1. The van der Waals surface area contributed by atoms with Crippen molar-refractivity contribution in [3.8, 4) is 0 Å². The highest BCUT2D eigenvalue weighted by atomic mass is 35.5. The predicted molar refractivity (Wildman–Crippen MR) is 89.2 cm³/mol. The van der Waals surface area contributed by atoms with Crippen LogP contribution in [0.3, 0.4) is 0 Å². The summed E-state index contributed by atoms with van der Waals surface area (Å²) < 4.78 is 4.71. The minimum atomic E-state index is -0.352. The Morgan fingerprint density at radius 2 is 2.05 bits per heavy atom. The van der Waals surface area contributed by atoms with Crippen molar-refractivity contribution in [3.63, 3.8) is 0 Å². The van der Waals surface area contributed by atoms with Crippen LogP contribution in [0, 0.1) is 0 Å². The minimum Gasteiger partial charge on any atom is -0.465 e.